The molecular weight excluding hydrogens is 500 g/mol. The van der Waals surface area contributed by atoms with Gasteiger partial charge in [-0.3, -0.25) is 9.59 Å². The van der Waals surface area contributed by atoms with Crippen molar-refractivity contribution in [3.05, 3.63) is 59.7 Å². The third kappa shape index (κ3) is 8.90. The Morgan fingerprint density at radius 2 is 0.950 bits per heavy atom. The molecule has 6 nitrogen and oxygen atoms in total. The predicted octanol–water partition coefficient (Wildman–Crippen LogP) is 6.53. The molecule has 0 N–H and O–H groups in total. The van der Waals surface area contributed by atoms with Crippen molar-refractivity contribution in [2.75, 3.05) is 52.5 Å². The Morgan fingerprint density at radius 3 is 1.27 bits per heavy atom. The van der Waals surface area contributed by atoms with Gasteiger partial charge < -0.3 is 19.3 Å². The molecule has 2 aliphatic heterocycles. The molecule has 2 aliphatic rings. The lowest BCUT2D eigenvalue weighted by Crippen LogP contribution is -2.39. The van der Waals surface area contributed by atoms with Gasteiger partial charge in [0.25, 0.3) is 0 Å². The number of hydrogen-bond acceptors (Lipinski definition) is 6. The van der Waals surface area contributed by atoms with Gasteiger partial charge in [-0.05, 0) is 127 Å². The summed E-state index contributed by atoms with van der Waals surface area (Å²) in [5, 5.41) is 0. The van der Waals surface area contributed by atoms with E-state index >= 15 is 0 Å². The summed E-state index contributed by atoms with van der Waals surface area (Å²) in [6, 6.07) is 15.2. The van der Waals surface area contributed by atoms with Gasteiger partial charge in [-0.1, -0.05) is 12.8 Å². The highest BCUT2D eigenvalue weighted by atomic mass is 16.5. The number of likely N-dealkylation sites (tertiary alicyclic amines) is 2. The second kappa shape index (κ2) is 15.9. The highest BCUT2D eigenvalue weighted by molar-refractivity contribution is 5.99. The number of ether oxygens (including phenoxy) is 2. The van der Waals surface area contributed by atoms with Gasteiger partial charge in [-0.2, -0.15) is 0 Å². The van der Waals surface area contributed by atoms with Crippen LogP contribution in [-0.2, 0) is 0 Å². The zero-order valence-electron chi connectivity index (χ0n) is 24.6. The highest BCUT2D eigenvalue weighted by Gasteiger charge is 2.29. The number of piperidine rings is 2. The Kier molecular flexibility index (Phi) is 12.0. The molecule has 40 heavy (non-hydrogen) atoms. The maximum absolute atomic E-state index is 13.9. The number of hydrogen-bond donors (Lipinski definition) is 0. The third-order valence-electron chi connectivity index (χ3n) is 8.36. The number of carbonyl (C=O) groups is 2. The molecule has 0 aliphatic carbocycles. The summed E-state index contributed by atoms with van der Waals surface area (Å²) < 4.78 is 11.2. The van der Waals surface area contributed by atoms with E-state index in [1.54, 1.807) is 0 Å². The summed E-state index contributed by atoms with van der Waals surface area (Å²) in [6.45, 7) is 10.9. The first-order valence-electron chi connectivity index (χ1n) is 15.6. The fraction of sp³-hybridized carbons (Fsp3) is 0.588. The van der Waals surface area contributed by atoms with E-state index in [1.807, 2.05) is 62.4 Å². The smallest absolute Gasteiger partial charge is 0.167 e. The van der Waals surface area contributed by atoms with E-state index in [-0.39, 0.29) is 23.4 Å². The minimum Gasteiger partial charge on any atom is -0.494 e. The number of Topliss-reactive ketones (excluding diaryl/α,β-unsaturated/α-hetero) is 2. The molecule has 0 spiro atoms. The summed E-state index contributed by atoms with van der Waals surface area (Å²) in [7, 11) is 0. The number of rotatable bonds is 15. The van der Waals surface area contributed by atoms with Crippen molar-refractivity contribution in [2.24, 2.45) is 11.8 Å². The average Bonchev–Trinajstić information content (AvgIpc) is 3.00. The largest absolute Gasteiger partial charge is 0.494 e. The van der Waals surface area contributed by atoms with Gasteiger partial charge in [0.05, 0.1) is 13.2 Å². The Hall–Kier alpha value is -2.70. The summed E-state index contributed by atoms with van der Waals surface area (Å²) in [5.74, 6) is 1.67. The first-order chi connectivity index (χ1) is 19.6. The molecule has 6 heteroatoms. The SMILES string of the molecule is CCOc1ccc(C(=O)[C@H](CC[C@@H](CN2CCCCC2)C(=O)c2ccc(OCC)cc2)CN2CCCCC2)cc1. The van der Waals surface area contributed by atoms with E-state index < -0.39 is 0 Å². The van der Waals surface area contributed by atoms with Crippen LogP contribution < -0.4 is 9.47 Å². The van der Waals surface area contributed by atoms with Crippen LogP contribution in [0.25, 0.3) is 0 Å². The lowest BCUT2D eigenvalue weighted by molar-refractivity contribution is 0.0793. The summed E-state index contributed by atoms with van der Waals surface area (Å²) in [4.78, 5) is 32.6. The number of ketones is 2. The van der Waals surface area contributed by atoms with Crippen LogP contribution >= 0.6 is 0 Å². The molecule has 2 atom stereocenters. The van der Waals surface area contributed by atoms with Crippen LogP contribution in [0.3, 0.4) is 0 Å². The van der Waals surface area contributed by atoms with Gasteiger partial charge in [0.1, 0.15) is 11.5 Å². The monoisotopic (exact) mass is 548 g/mol. The molecule has 2 aromatic carbocycles. The second-order valence-corrected chi connectivity index (χ2v) is 11.3. The van der Waals surface area contributed by atoms with Gasteiger partial charge in [-0.15, -0.1) is 0 Å². The molecule has 0 saturated carbocycles. The topological polar surface area (TPSA) is 59.1 Å². The lowest BCUT2D eigenvalue weighted by atomic mass is 9.85. The number of benzene rings is 2. The molecule has 0 unspecified atom stereocenters. The number of carbonyl (C=O) groups excluding carboxylic acids is 2. The van der Waals surface area contributed by atoms with E-state index in [2.05, 4.69) is 9.80 Å². The quantitative estimate of drug-likeness (QED) is 0.236. The van der Waals surface area contributed by atoms with Crippen LogP contribution in [0.15, 0.2) is 48.5 Å². The van der Waals surface area contributed by atoms with Crippen LogP contribution in [0.5, 0.6) is 11.5 Å². The van der Waals surface area contributed by atoms with Crippen molar-refractivity contribution in [3.8, 4) is 11.5 Å². The third-order valence-corrected chi connectivity index (χ3v) is 8.36. The van der Waals surface area contributed by atoms with Crippen molar-refractivity contribution in [1.82, 2.24) is 9.80 Å². The summed E-state index contributed by atoms with van der Waals surface area (Å²) in [5.41, 5.74) is 1.46. The van der Waals surface area contributed by atoms with E-state index in [9.17, 15) is 9.59 Å². The van der Waals surface area contributed by atoms with Crippen LogP contribution in [-0.4, -0.2) is 73.8 Å². The zero-order chi connectivity index (χ0) is 28.2. The van der Waals surface area contributed by atoms with Crippen LogP contribution in [0.1, 0.15) is 85.9 Å². The molecular formula is C34H48N2O4. The maximum atomic E-state index is 13.9. The first-order valence-corrected chi connectivity index (χ1v) is 15.6. The Balaban J connectivity index is 1.50. The highest BCUT2D eigenvalue weighted by Crippen LogP contribution is 2.26. The Morgan fingerprint density at radius 1 is 0.600 bits per heavy atom. The first kappa shape index (κ1) is 30.3. The Labute approximate surface area is 241 Å². The standard InChI is InChI=1S/C34H48N2O4/c1-3-39-31-17-13-27(14-18-31)33(37)29(25-35-21-7-5-8-22-35)11-12-30(26-36-23-9-6-10-24-36)34(38)28-15-19-32(20-16-28)40-4-2/h13-20,29-30H,3-12,21-26H2,1-2H3/t29-,30+. The van der Waals surface area contributed by atoms with Crippen molar-refractivity contribution in [2.45, 2.75) is 65.2 Å². The van der Waals surface area contributed by atoms with Crippen LogP contribution in [0.2, 0.25) is 0 Å². The van der Waals surface area contributed by atoms with Gasteiger partial charge in [0, 0.05) is 36.1 Å². The molecule has 0 bridgehead atoms. The van der Waals surface area contributed by atoms with Crippen molar-refractivity contribution in [1.29, 1.82) is 0 Å². The summed E-state index contributed by atoms with van der Waals surface area (Å²) >= 11 is 0. The lowest BCUT2D eigenvalue weighted by Gasteiger charge is -2.32. The Bertz CT molecular complexity index is 955. The molecule has 218 valence electrons. The minimum absolute atomic E-state index is 0.131. The van der Waals surface area contributed by atoms with E-state index in [0.717, 1.165) is 61.9 Å². The van der Waals surface area contributed by atoms with Gasteiger partial charge in [-0.25, -0.2) is 0 Å². The predicted molar refractivity (Wildman–Crippen MR) is 161 cm³/mol. The van der Waals surface area contributed by atoms with E-state index in [1.165, 1.54) is 38.5 Å². The molecule has 2 aromatic rings. The maximum Gasteiger partial charge on any atom is 0.167 e. The molecule has 0 aromatic heterocycles. The second-order valence-electron chi connectivity index (χ2n) is 11.3. The number of nitrogens with zero attached hydrogens (tertiary/aromatic N) is 2. The fourth-order valence-electron chi connectivity index (χ4n) is 6.16. The molecule has 2 heterocycles. The average molecular weight is 549 g/mol. The molecule has 0 radical (unpaired) electrons. The normalized spacial score (nSPS) is 18.1. The minimum atomic E-state index is -0.131. The van der Waals surface area contributed by atoms with E-state index in [4.69, 9.17) is 9.47 Å². The van der Waals surface area contributed by atoms with Gasteiger partial charge in [0.2, 0.25) is 0 Å². The van der Waals surface area contributed by atoms with E-state index in [0.29, 0.717) is 26.1 Å². The molecule has 2 fully saturated rings. The fourth-order valence-corrected chi connectivity index (χ4v) is 6.16. The molecule has 4 rings (SSSR count). The van der Waals surface area contributed by atoms with Gasteiger partial charge in [0.15, 0.2) is 11.6 Å². The zero-order valence-corrected chi connectivity index (χ0v) is 24.6. The van der Waals surface area contributed by atoms with Crippen LogP contribution in [0, 0.1) is 11.8 Å². The van der Waals surface area contributed by atoms with Crippen molar-refractivity contribution >= 4 is 11.6 Å². The summed E-state index contributed by atoms with van der Waals surface area (Å²) in [6.07, 6.45) is 8.73. The van der Waals surface area contributed by atoms with Crippen molar-refractivity contribution in [3.63, 3.8) is 0 Å². The van der Waals surface area contributed by atoms with Crippen LogP contribution in [0.4, 0.5) is 0 Å². The molecule has 2 saturated heterocycles. The van der Waals surface area contributed by atoms with Gasteiger partial charge >= 0.3 is 0 Å². The van der Waals surface area contributed by atoms with Crippen molar-refractivity contribution < 1.29 is 19.1 Å². The molecule has 0 amide bonds.